The van der Waals surface area contributed by atoms with Gasteiger partial charge in [-0.05, 0) is 68.7 Å². The molecule has 2 aromatic carbocycles. The summed E-state index contributed by atoms with van der Waals surface area (Å²) in [6.45, 7) is 8.88. The Labute approximate surface area is 171 Å². The number of fused-ring (bicyclic) bond motifs is 1. The Bertz CT molecular complexity index is 1100. The average Bonchev–Trinajstić information content (AvgIpc) is 3.38. The van der Waals surface area contributed by atoms with Crippen molar-refractivity contribution < 1.29 is 9.47 Å². The standard InChI is InChI=1S/C25H24N2O2/c1-16-11-17(2)13-19(12-16)21-5-4-6-24(27-21)26-18(3)25(9-10-25)20-7-8-22-23(14-20)29-15-28-22/h4-8,11-14H,3,9-10,15H2,1-2H3,(H,26,27). The molecule has 0 atom stereocenters. The summed E-state index contributed by atoms with van der Waals surface area (Å²) in [4.78, 5) is 4.84. The third-order valence-electron chi connectivity index (χ3n) is 5.80. The highest BCUT2D eigenvalue weighted by Gasteiger charge is 2.47. The van der Waals surface area contributed by atoms with E-state index in [1.165, 1.54) is 16.7 Å². The van der Waals surface area contributed by atoms with Crippen molar-refractivity contribution >= 4 is 5.82 Å². The predicted molar refractivity (Wildman–Crippen MR) is 115 cm³/mol. The number of pyridine rings is 1. The van der Waals surface area contributed by atoms with Crippen LogP contribution in [0, 0.1) is 13.8 Å². The van der Waals surface area contributed by atoms with E-state index in [1.807, 2.05) is 24.3 Å². The van der Waals surface area contributed by atoms with Crippen LogP contribution in [0.3, 0.4) is 0 Å². The van der Waals surface area contributed by atoms with Gasteiger partial charge in [0.05, 0.1) is 5.69 Å². The zero-order valence-electron chi connectivity index (χ0n) is 16.8. The molecule has 1 N–H and O–H groups in total. The molecule has 0 spiro atoms. The van der Waals surface area contributed by atoms with Crippen LogP contribution in [0.4, 0.5) is 5.82 Å². The van der Waals surface area contributed by atoms with E-state index in [2.05, 4.69) is 56.1 Å². The number of hydrogen-bond acceptors (Lipinski definition) is 4. The summed E-state index contributed by atoms with van der Waals surface area (Å²) < 4.78 is 11.0. The van der Waals surface area contributed by atoms with Crippen molar-refractivity contribution in [3.63, 3.8) is 0 Å². The second-order valence-electron chi connectivity index (χ2n) is 8.04. The number of aryl methyl sites for hydroxylation is 2. The smallest absolute Gasteiger partial charge is 0.231 e. The molecule has 1 saturated carbocycles. The second-order valence-corrected chi connectivity index (χ2v) is 8.04. The quantitative estimate of drug-likeness (QED) is 0.608. The number of benzene rings is 2. The maximum atomic E-state index is 5.56. The number of allylic oxidation sites excluding steroid dienone is 1. The van der Waals surface area contributed by atoms with Crippen LogP contribution in [0.25, 0.3) is 11.3 Å². The number of hydrogen-bond donors (Lipinski definition) is 1. The molecule has 2 heterocycles. The first-order valence-corrected chi connectivity index (χ1v) is 9.96. The zero-order chi connectivity index (χ0) is 20.0. The summed E-state index contributed by atoms with van der Waals surface area (Å²) in [5.41, 5.74) is 6.69. The molecule has 0 saturated heterocycles. The Balaban J connectivity index is 1.40. The van der Waals surface area contributed by atoms with Crippen LogP contribution >= 0.6 is 0 Å². The third-order valence-corrected chi connectivity index (χ3v) is 5.80. The number of nitrogens with zero attached hydrogens (tertiary/aromatic N) is 1. The summed E-state index contributed by atoms with van der Waals surface area (Å²) in [5, 5.41) is 3.47. The van der Waals surface area contributed by atoms with Crippen molar-refractivity contribution in [3.8, 4) is 22.8 Å². The largest absolute Gasteiger partial charge is 0.454 e. The third kappa shape index (κ3) is 3.25. The summed E-state index contributed by atoms with van der Waals surface area (Å²) in [5.74, 6) is 2.45. The van der Waals surface area contributed by atoms with E-state index >= 15 is 0 Å². The Morgan fingerprint density at radius 1 is 0.966 bits per heavy atom. The fraction of sp³-hybridized carbons (Fsp3) is 0.240. The first-order valence-electron chi connectivity index (χ1n) is 9.96. The molecule has 146 valence electrons. The molecule has 5 rings (SSSR count). The molecular weight excluding hydrogens is 360 g/mol. The second kappa shape index (κ2) is 6.66. The van der Waals surface area contributed by atoms with Gasteiger partial charge in [0.25, 0.3) is 0 Å². The van der Waals surface area contributed by atoms with E-state index in [4.69, 9.17) is 14.5 Å². The maximum Gasteiger partial charge on any atom is 0.231 e. The number of nitrogens with one attached hydrogen (secondary N) is 1. The van der Waals surface area contributed by atoms with Crippen LogP contribution in [0.2, 0.25) is 0 Å². The van der Waals surface area contributed by atoms with Gasteiger partial charge in [-0.3, -0.25) is 0 Å². The van der Waals surface area contributed by atoms with Crippen molar-refractivity contribution in [2.45, 2.75) is 32.1 Å². The molecule has 3 aromatic rings. The van der Waals surface area contributed by atoms with Gasteiger partial charge in [0.15, 0.2) is 11.5 Å². The Kier molecular flexibility index (Phi) is 4.09. The predicted octanol–water partition coefficient (Wildman–Crippen LogP) is 5.75. The van der Waals surface area contributed by atoms with E-state index in [-0.39, 0.29) is 5.41 Å². The van der Waals surface area contributed by atoms with Crippen LogP contribution < -0.4 is 14.8 Å². The minimum Gasteiger partial charge on any atom is -0.454 e. The first-order chi connectivity index (χ1) is 14.0. The van der Waals surface area contributed by atoms with Gasteiger partial charge in [0.1, 0.15) is 5.82 Å². The maximum absolute atomic E-state index is 5.56. The van der Waals surface area contributed by atoms with Gasteiger partial charge in [0.2, 0.25) is 6.79 Å². The fourth-order valence-corrected chi connectivity index (χ4v) is 4.15. The molecule has 29 heavy (non-hydrogen) atoms. The highest BCUT2D eigenvalue weighted by molar-refractivity contribution is 5.64. The fourth-order valence-electron chi connectivity index (χ4n) is 4.15. The van der Waals surface area contributed by atoms with Gasteiger partial charge < -0.3 is 14.8 Å². The summed E-state index contributed by atoms with van der Waals surface area (Å²) in [6.07, 6.45) is 2.13. The highest BCUT2D eigenvalue weighted by atomic mass is 16.7. The molecule has 0 bridgehead atoms. The molecule has 1 aliphatic heterocycles. The average molecular weight is 384 g/mol. The van der Waals surface area contributed by atoms with Gasteiger partial charge >= 0.3 is 0 Å². The van der Waals surface area contributed by atoms with Crippen molar-refractivity contribution in [3.05, 3.63) is 83.6 Å². The zero-order valence-corrected chi connectivity index (χ0v) is 16.8. The van der Waals surface area contributed by atoms with E-state index in [0.29, 0.717) is 6.79 Å². The Morgan fingerprint density at radius 3 is 2.48 bits per heavy atom. The van der Waals surface area contributed by atoms with Crippen molar-refractivity contribution in [2.24, 2.45) is 0 Å². The molecule has 1 aromatic heterocycles. The topological polar surface area (TPSA) is 43.4 Å². The molecular formula is C25H24N2O2. The lowest BCUT2D eigenvalue weighted by Crippen LogP contribution is -2.17. The monoisotopic (exact) mass is 384 g/mol. The molecule has 4 heteroatoms. The minimum absolute atomic E-state index is 0.0708. The van der Waals surface area contributed by atoms with Gasteiger partial charge in [-0.1, -0.05) is 35.9 Å². The molecule has 0 amide bonds. The van der Waals surface area contributed by atoms with Crippen LogP contribution in [0.1, 0.15) is 29.5 Å². The number of rotatable bonds is 5. The lowest BCUT2D eigenvalue weighted by molar-refractivity contribution is 0.174. The van der Waals surface area contributed by atoms with Crippen LogP contribution in [0.5, 0.6) is 11.5 Å². The van der Waals surface area contributed by atoms with Gasteiger partial charge in [-0.15, -0.1) is 0 Å². The Morgan fingerprint density at radius 2 is 1.72 bits per heavy atom. The lowest BCUT2D eigenvalue weighted by Gasteiger charge is -2.21. The van der Waals surface area contributed by atoms with Crippen molar-refractivity contribution in [2.75, 3.05) is 12.1 Å². The first kappa shape index (κ1) is 17.8. The minimum atomic E-state index is -0.0708. The normalized spacial score (nSPS) is 15.8. The summed E-state index contributed by atoms with van der Waals surface area (Å²) in [6, 6.07) is 18.8. The van der Waals surface area contributed by atoms with Crippen LogP contribution in [-0.4, -0.2) is 11.8 Å². The molecule has 0 unspecified atom stereocenters. The van der Waals surface area contributed by atoms with Gasteiger partial charge in [-0.2, -0.15) is 0 Å². The van der Waals surface area contributed by atoms with E-state index in [1.54, 1.807) is 0 Å². The number of anilines is 1. The molecule has 0 radical (unpaired) electrons. The molecule has 1 fully saturated rings. The highest BCUT2D eigenvalue weighted by Crippen LogP contribution is 2.54. The number of aromatic nitrogens is 1. The van der Waals surface area contributed by atoms with Gasteiger partial charge in [0, 0.05) is 16.7 Å². The van der Waals surface area contributed by atoms with Crippen molar-refractivity contribution in [1.29, 1.82) is 0 Å². The number of ether oxygens (including phenoxy) is 2. The van der Waals surface area contributed by atoms with Crippen LogP contribution in [0.15, 0.2) is 66.9 Å². The van der Waals surface area contributed by atoms with Gasteiger partial charge in [-0.25, -0.2) is 4.98 Å². The lowest BCUT2D eigenvalue weighted by atomic mass is 9.92. The SMILES string of the molecule is C=C(Nc1cccc(-c2cc(C)cc(C)c2)n1)C1(c2ccc3c(c2)OCO3)CC1. The summed E-state index contributed by atoms with van der Waals surface area (Å²) in [7, 11) is 0. The summed E-state index contributed by atoms with van der Waals surface area (Å²) >= 11 is 0. The Hall–Kier alpha value is -3.27. The van der Waals surface area contributed by atoms with Crippen LogP contribution in [-0.2, 0) is 5.41 Å². The molecule has 1 aliphatic carbocycles. The van der Waals surface area contributed by atoms with E-state index in [9.17, 15) is 0 Å². The van der Waals surface area contributed by atoms with Crippen molar-refractivity contribution in [1.82, 2.24) is 4.98 Å². The van der Waals surface area contributed by atoms with E-state index < -0.39 is 0 Å². The van der Waals surface area contributed by atoms with E-state index in [0.717, 1.165) is 47.1 Å². The molecule has 2 aliphatic rings. The molecule has 4 nitrogen and oxygen atoms in total.